The summed E-state index contributed by atoms with van der Waals surface area (Å²) in [6.07, 6.45) is 4.46. The summed E-state index contributed by atoms with van der Waals surface area (Å²) in [4.78, 5) is 0. The maximum atomic E-state index is 11.6. The summed E-state index contributed by atoms with van der Waals surface area (Å²) in [6.45, 7) is 2.54. The quantitative estimate of drug-likeness (QED) is 0.646. The Morgan fingerprint density at radius 2 is 2.18 bits per heavy atom. The predicted octanol–water partition coefficient (Wildman–Crippen LogP) is 2.69. The van der Waals surface area contributed by atoms with Crippen molar-refractivity contribution in [2.24, 2.45) is 5.14 Å². The second kappa shape index (κ2) is 6.62. The molecule has 1 fully saturated rings. The van der Waals surface area contributed by atoms with Crippen molar-refractivity contribution in [3.63, 3.8) is 0 Å². The Labute approximate surface area is 139 Å². The molecule has 0 saturated heterocycles. The van der Waals surface area contributed by atoms with Gasteiger partial charge in [-0.3, -0.25) is 0 Å². The minimum Gasteiger partial charge on any atom is -0.385 e. The molecule has 22 heavy (non-hydrogen) atoms. The zero-order valence-corrected chi connectivity index (χ0v) is 15.0. The van der Waals surface area contributed by atoms with Gasteiger partial charge in [0, 0.05) is 32.4 Å². The molecule has 1 aliphatic carbocycles. The molecule has 0 bridgehead atoms. The van der Waals surface area contributed by atoms with Crippen LogP contribution in [0.3, 0.4) is 0 Å². The van der Waals surface area contributed by atoms with Crippen LogP contribution < -0.4 is 5.14 Å². The molecule has 1 saturated carbocycles. The summed E-state index contributed by atoms with van der Waals surface area (Å²) in [5.74, 6) is 0. The van der Waals surface area contributed by atoms with E-state index in [4.69, 9.17) is 9.88 Å². The van der Waals surface area contributed by atoms with E-state index in [9.17, 15) is 8.42 Å². The number of hydrogen-bond acceptors (Lipinski definition) is 6. The standard InChI is InChI=1S/C14H20N2O3S3/c1-19-7-3-6-16-9-12(10-4-2-5-10)11-8-13(22(15,17)18)20-14(11)21-16/h8H,2-7,9H2,1H3,(H2,15,17,18). The number of thiophene rings is 1. The summed E-state index contributed by atoms with van der Waals surface area (Å²) in [5, 5.41) is 5.30. The van der Waals surface area contributed by atoms with Crippen LogP contribution in [0.1, 0.15) is 31.2 Å². The van der Waals surface area contributed by atoms with Crippen LogP contribution in [-0.2, 0) is 14.8 Å². The fraction of sp³-hybridized carbons (Fsp3) is 0.571. The monoisotopic (exact) mass is 360 g/mol. The molecule has 8 heteroatoms. The molecule has 1 aromatic heterocycles. The van der Waals surface area contributed by atoms with E-state index in [2.05, 4.69) is 4.31 Å². The minimum atomic E-state index is -3.63. The molecule has 0 amide bonds. The van der Waals surface area contributed by atoms with Gasteiger partial charge in [0.15, 0.2) is 0 Å². The van der Waals surface area contributed by atoms with E-state index in [1.54, 1.807) is 25.1 Å². The summed E-state index contributed by atoms with van der Waals surface area (Å²) >= 11 is 2.93. The third kappa shape index (κ3) is 3.42. The second-order valence-electron chi connectivity index (χ2n) is 5.55. The molecule has 0 aromatic carbocycles. The molecule has 1 aliphatic heterocycles. The lowest BCUT2D eigenvalue weighted by Gasteiger charge is -2.31. The average Bonchev–Trinajstić information content (AvgIpc) is 2.81. The van der Waals surface area contributed by atoms with E-state index < -0.39 is 10.0 Å². The summed E-state index contributed by atoms with van der Waals surface area (Å²) < 4.78 is 32.0. The van der Waals surface area contributed by atoms with E-state index in [0.29, 0.717) is 0 Å². The van der Waals surface area contributed by atoms with Gasteiger partial charge in [0.25, 0.3) is 0 Å². The van der Waals surface area contributed by atoms with Crippen LogP contribution in [0.2, 0.25) is 0 Å². The molecule has 2 N–H and O–H groups in total. The van der Waals surface area contributed by atoms with Gasteiger partial charge in [0.2, 0.25) is 10.0 Å². The first-order chi connectivity index (χ1) is 10.5. The van der Waals surface area contributed by atoms with Crippen molar-refractivity contribution in [3.05, 3.63) is 17.2 Å². The van der Waals surface area contributed by atoms with E-state index >= 15 is 0 Å². The fourth-order valence-corrected chi connectivity index (χ4v) is 6.12. The zero-order valence-electron chi connectivity index (χ0n) is 12.5. The Hall–Kier alpha value is -0.380. The zero-order chi connectivity index (χ0) is 15.7. The van der Waals surface area contributed by atoms with Crippen molar-refractivity contribution in [2.45, 2.75) is 34.1 Å². The van der Waals surface area contributed by atoms with Gasteiger partial charge in [-0.05, 0) is 49.3 Å². The highest BCUT2D eigenvalue weighted by Gasteiger charge is 2.29. The molecule has 1 aromatic rings. The molecular weight excluding hydrogens is 340 g/mol. The number of nitrogens with zero attached hydrogens (tertiary/aromatic N) is 1. The number of nitrogens with two attached hydrogens (primary N) is 1. The molecule has 5 nitrogen and oxygen atoms in total. The van der Waals surface area contributed by atoms with Gasteiger partial charge in [0.05, 0.1) is 4.21 Å². The Balaban J connectivity index is 1.90. The van der Waals surface area contributed by atoms with Crippen LogP contribution in [0.15, 0.2) is 20.1 Å². The van der Waals surface area contributed by atoms with E-state index in [1.807, 2.05) is 0 Å². The number of allylic oxidation sites excluding steroid dienone is 1. The molecule has 0 spiro atoms. The average molecular weight is 361 g/mol. The van der Waals surface area contributed by atoms with Gasteiger partial charge in [-0.2, -0.15) is 0 Å². The third-order valence-electron chi connectivity index (χ3n) is 3.97. The lowest BCUT2D eigenvalue weighted by molar-refractivity contribution is 0.189. The van der Waals surface area contributed by atoms with E-state index in [0.717, 1.165) is 48.7 Å². The molecule has 0 unspecified atom stereocenters. The number of sulfonamides is 1. The van der Waals surface area contributed by atoms with Crippen LogP contribution in [-0.4, -0.2) is 39.5 Å². The fourth-order valence-electron chi connectivity index (χ4n) is 2.65. The summed E-state index contributed by atoms with van der Waals surface area (Å²) in [6, 6.07) is 1.76. The second-order valence-corrected chi connectivity index (χ2v) is 9.75. The van der Waals surface area contributed by atoms with Crippen molar-refractivity contribution in [1.29, 1.82) is 0 Å². The lowest BCUT2D eigenvalue weighted by Crippen LogP contribution is -2.25. The highest BCUT2D eigenvalue weighted by Crippen LogP contribution is 2.47. The molecular formula is C14H20N2O3S3. The number of fused-ring (bicyclic) bond motifs is 1. The maximum Gasteiger partial charge on any atom is 0.247 e. The van der Waals surface area contributed by atoms with Crippen LogP contribution in [0.25, 0.3) is 5.57 Å². The van der Waals surface area contributed by atoms with Crippen LogP contribution in [0.4, 0.5) is 0 Å². The predicted molar refractivity (Wildman–Crippen MR) is 90.4 cm³/mol. The topological polar surface area (TPSA) is 72.6 Å². The van der Waals surface area contributed by atoms with Gasteiger partial charge in [-0.15, -0.1) is 11.3 Å². The van der Waals surface area contributed by atoms with Crippen LogP contribution >= 0.6 is 23.3 Å². The number of hydrogen-bond donors (Lipinski definition) is 1. The highest BCUT2D eigenvalue weighted by molar-refractivity contribution is 7.99. The van der Waals surface area contributed by atoms with Crippen molar-refractivity contribution in [3.8, 4) is 0 Å². The van der Waals surface area contributed by atoms with Crippen LogP contribution in [0.5, 0.6) is 0 Å². The molecule has 2 aliphatic rings. The summed E-state index contributed by atoms with van der Waals surface area (Å²) in [5.41, 5.74) is 3.86. The molecule has 2 heterocycles. The van der Waals surface area contributed by atoms with E-state index in [1.165, 1.54) is 28.9 Å². The molecule has 0 radical (unpaired) electrons. The first-order valence-corrected chi connectivity index (χ1v) is 10.4. The molecule has 122 valence electrons. The largest absolute Gasteiger partial charge is 0.385 e. The smallest absolute Gasteiger partial charge is 0.247 e. The van der Waals surface area contributed by atoms with Crippen molar-refractivity contribution in [2.75, 3.05) is 26.8 Å². The molecule has 3 rings (SSSR count). The first-order valence-electron chi connectivity index (χ1n) is 7.29. The number of primary sulfonamides is 1. The maximum absolute atomic E-state index is 11.6. The van der Waals surface area contributed by atoms with Gasteiger partial charge in [-0.1, -0.05) is 5.57 Å². The SMILES string of the molecule is COCCCN1CC(=C2CCC2)c2cc(S(N)(=O)=O)sc2S1. The third-order valence-corrected chi connectivity index (χ3v) is 7.75. The lowest BCUT2D eigenvalue weighted by atomic mass is 9.86. The Morgan fingerprint density at radius 1 is 1.41 bits per heavy atom. The first kappa shape index (κ1) is 16.5. The molecule has 0 atom stereocenters. The van der Waals surface area contributed by atoms with Gasteiger partial charge >= 0.3 is 0 Å². The Kier molecular flexibility index (Phi) is 4.96. The van der Waals surface area contributed by atoms with Gasteiger partial charge in [-0.25, -0.2) is 17.9 Å². The van der Waals surface area contributed by atoms with Crippen LogP contribution in [0, 0.1) is 0 Å². The minimum absolute atomic E-state index is 0.265. The highest BCUT2D eigenvalue weighted by atomic mass is 32.3. The summed E-state index contributed by atoms with van der Waals surface area (Å²) in [7, 11) is -1.92. The Bertz CT molecular complexity index is 688. The number of methoxy groups -OCH3 is 1. The van der Waals surface area contributed by atoms with Gasteiger partial charge in [0.1, 0.15) is 4.21 Å². The number of ether oxygens (including phenoxy) is 1. The normalized spacial score (nSPS) is 19.2. The van der Waals surface area contributed by atoms with E-state index in [-0.39, 0.29) is 4.21 Å². The van der Waals surface area contributed by atoms with Gasteiger partial charge < -0.3 is 4.74 Å². The van der Waals surface area contributed by atoms with Crippen molar-refractivity contribution >= 4 is 38.9 Å². The van der Waals surface area contributed by atoms with Crippen molar-refractivity contribution < 1.29 is 13.2 Å². The number of rotatable bonds is 5. The Morgan fingerprint density at radius 3 is 2.77 bits per heavy atom. The van der Waals surface area contributed by atoms with Crippen molar-refractivity contribution in [1.82, 2.24) is 4.31 Å².